The van der Waals surface area contributed by atoms with E-state index in [9.17, 15) is 0 Å². The predicted octanol–water partition coefficient (Wildman–Crippen LogP) is 3.38. The number of benzene rings is 1. The van der Waals surface area contributed by atoms with E-state index in [0.717, 1.165) is 31.1 Å². The first-order valence-corrected chi connectivity index (χ1v) is 7.71. The molecule has 3 rings (SSSR count). The molecule has 2 heterocycles. The van der Waals surface area contributed by atoms with E-state index in [-0.39, 0.29) is 0 Å². The highest BCUT2D eigenvalue weighted by Gasteiger charge is 2.27. The molecule has 108 valence electrons. The van der Waals surface area contributed by atoms with Crippen LogP contribution in [0.25, 0.3) is 11.0 Å². The van der Waals surface area contributed by atoms with Gasteiger partial charge in [-0.2, -0.15) is 0 Å². The van der Waals surface area contributed by atoms with Gasteiger partial charge >= 0.3 is 0 Å². The number of piperidine rings is 1. The third-order valence-corrected chi connectivity index (χ3v) is 4.73. The van der Waals surface area contributed by atoms with Crippen molar-refractivity contribution in [1.29, 1.82) is 0 Å². The van der Waals surface area contributed by atoms with Crippen LogP contribution in [0.1, 0.15) is 31.7 Å². The normalized spacial score (nSPS) is 24.3. The largest absolute Gasteiger partial charge is 0.464 e. The van der Waals surface area contributed by atoms with Gasteiger partial charge in [0.15, 0.2) is 0 Å². The number of hydrogen-bond acceptors (Lipinski definition) is 3. The van der Waals surface area contributed by atoms with E-state index >= 15 is 0 Å². The fourth-order valence-corrected chi connectivity index (χ4v) is 3.38. The van der Waals surface area contributed by atoms with Gasteiger partial charge in [-0.15, -0.1) is 0 Å². The van der Waals surface area contributed by atoms with Gasteiger partial charge in [0.05, 0.1) is 6.26 Å². The van der Waals surface area contributed by atoms with E-state index in [4.69, 9.17) is 10.2 Å². The lowest BCUT2D eigenvalue weighted by Gasteiger charge is -2.38. The molecule has 3 nitrogen and oxygen atoms in total. The fraction of sp³-hybridized carbons (Fsp3) is 0.529. The molecule has 20 heavy (non-hydrogen) atoms. The highest BCUT2D eigenvalue weighted by atomic mass is 16.3. The number of nitrogens with two attached hydrogens (primary N) is 1. The van der Waals surface area contributed by atoms with Crippen LogP contribution in [-0.2, 0) is 6.54 Å². The zero-order valence-electron chi connectivity index (χ0n) is 12.2. The van der Waals surface area contributed by atoms with Gasteiger partial charge in [0.2, 0.25) is 0 Å². The van der Waals surface area contributed by atoms with Gasteiger partial charge < -0.3 is 10.2 Å². The maximum Gasteiger partial charge on any atom is 0.134 e. The van der Waals surface area contributed by atoms with E-state index < -0.39 is 0 Å². The maximum absolute atomic E-state index is 5.99. The highest BCUT2D eigenvalue weighted by Crippen LogP contribution is 2.28. The molecular formula is C17H24N2O. The molecule has 0 saturated carbocycles. The van der Waals surface area contributed by atoms with Crippen molar-refractivity contribution in [2.24, 2.45) is 11.7 Å². The number of furan rings is 1. The lowest BCUT2D eigenvalue weighted by atomic mass is 9.88. The van der Waals surface area contributed by atoms with Crippen LogP contribution in [0.15, 0.2) is 34.9 Å². The number of nitrogens with zero attached hydrogens (tertiary/aromatic N) is 1. The van der Waals surface area contributed by atoms with Crippen LogP contribution in [0.4, 0.5) is 0 Å². The van der Waals surface area contributed by atoms with Crippen molar-refractivity contribution in [3.8, 4) is 0 Å². The maximum atomic E-state index is 5.99. The molecule has 1 aliphatic heterocycles. The molecule has 0 radical (unpaired) electrons. The van der Waals surface area contributed by atoms with Crippen molar-refractivity contribution < 1.29 is 4.42 Å². The molecule has 1 fully saturated rings. The highest BCUT2D eigenvalue weighted by molar-refractivity contribution is 5.80. The summed E-state index contributed by atoms with van der Waals surface area (Å²) in [4.78, 5) is 2.53. The van der Waals surface area contributed by atoms with E-state index in [2.05, 4.69) is 24.0 Å². The molecule has 3 heteroatoms. The van der Waals surface area contributed by atoms with Gasteiger partial charge in [0.25, 0.3) is 0 Å². The van der Waals surface area contributed by atoms with Crippen LogP contribution in [0.5, 0.6) is 0 Å². The van der Waals surface area contributed by atoms with Gasteiger partial charge in [0, 0.05) is 30.1 Å². The summed E-state index contributed by atoms with van der Waals surface area (Å²) in [5.41, 5.74) is 8.25. The second-order valence-corrected chi connectivity index (χ2v) is 5.92. The molecular weight excluding hydrogens is 248 g/mol. The summed E-state index contributed by atoms with van der Waals surface area (Å²) in [6.07, 6.45) is 5.72. The average molecular weight is 272 g/mol. The Morgan fingerprint density at radius 3 is 3.00 bits per heavy atom. The van der Waals surface area contributed by atoms with Crippen molar-refractivity contribution in [3.05, 3.63) is 36.1 Å². The van der Waals surface area contributed by atoms with E-state index in [0.29, 0.717) is 6.04 Å². The summed E-state index contributed by atoms with van der Waals surface area (Å²) in [5, 5.41) is 1.24. The molecule has 1 aromatic carbocycles. The monoisotopic (exact) mass is 272 g/mol. The number of likely N-dealkylation sites (tertiary alicyclic amines) is 1. The Hall–Kier alpha value is -1.32. The van der Waals surface area contributed by atoms with E-state index in [1.54, 1.807) is 0 Å². The minimum Gasteiger partial charge on any atom is -0.464 e. The Morgan fingerprint density at radius 2 is 2.20 bits per heavy atom. The van der Waals surface area contributed by atoms with E-state index in [1.165, 1.54) is 30.2 Å². The Labute approximate surface area is 120 Å². The summed E-state index contributed by atoms with van der Waals surface area (Å²) in [6.45, 7) is 5.15. The summed E-state index contributed by atoms with van der Waals surface area (Å²) in [7, 11) is 0. The third-order valence-electron chi connectivity index (χ3n) is 4.73. The Morgan fingerprint density at radius 1 is 1.35 bits per heavy atom. The average Bonchev–Trinajstić information content (AvgIpc) is 2.91. The molecule has 0 spiro atoms. The van der Waals surface area contributed by atoms with Gasteiger partial charge in [0.1, 0.15) is 5.58 Å². The Balaban J connectivity index is 1.76. The van der Waals surface area contributed by atoms with Crippen LogP contribution in [0, 0.1) is 5.92 Å². The SMILES string of the molecule is CCC1CCN(Cc2coc3ccccc23)C(CN)C1. The number of para-hydroxylation sites is 1. The smallest absolute Gasteiger partial charge is 0.134 e. The lowest BCUT2D eigenvalue weighted by Crippen LogP contribution is -2.45. The molecule has 0 amide bonds. The topological polar surface area (TPSA) is 42.4 Å². The van der Waals surface area contributed by atoms with Crippen molar-refractivity contribution in [2.75, 3.05) is 13.1 Å². The molecule has 0 aliphatic carbocycles. The Kier molecular flexibility index (Phi) is 4.08. The zero-order valence-corrected chi connectivity index (χ0v) is 12.2. The summed E-state index contributed by atoms with van der Waals surface area (Å²) in [5.74, 6) is 0.848. The molecule has 0 bridgehead atoms. The first-order chi connectivity index (χ1) is 9.81. The Bertz CT molecular complexity index is 563. The molecule has 1 aliphatic rings. The lowest BCUT2D eigenvalue weighted by molar-refractivity contribution is 0.107. The first kappa shape index (κ1) is 13.7. The molecule has 2 aromatic rings. The molecule has 1 aromatic heterocycles. The number of rotatable bonds is 4. The van der Waals surface area contributed by atoms with Crippen LogP contribution in [0.3, 0.4) is 0 Å². The summed E-state index contributed by atoms with van der Waals surface area (Å²) < 4.78 is 5.64. The van der Waals surface area contributed by atoms with Crippen LogP contribution < -0.4 is 5.73 Å². The standard InChI is InChI=1S/C17H24N2O/c1-2-13-7-8-19(15(9-13)10-18)11-14-12-20-17-6-4-3-5-16(14)17/h3-6,12-13,15H,2,7-11,18H2,1H3. The van der Waals surface area contributed by atoms with Gasteiger partial charge in [-0.3, -0.25) is 4.90 Å². The quantitative estimate of drug-likeness (QED) is 0.927. The van der Waals surface area contributed by atoms with Crippen molar-refractivity contribution in [1.82, 2.24) is 4.90 Å². The molecule has 2 unspecified atom stereocenters. The zero-order chi connectivity index (χ0) is 13.9. The second kappa shape index (κ2) is 5.98. The van der Waals surface area contributed by atoms with Gasteiger partial charge in [-0.1, -0.05) is 31.5 Å². The first-order valence-electron chi connectivity index (χ1n) is 7.71. The van der Waals surface area contributed by atoms with Crippen molar-refractivity contribution in [2.45, 2.75) is 38.8 Å². The predicted molar refractivity (Wildman–Crippen MR) is 82.5 cm³/mol. The van der Waals surface area contributed by atoms with E-state index in [1.807, 2.05) is 18.4 Å². The molecule has 2 atom stereocenters. The van der Waals surface area contributed by atoms with Gasteiger partial charge in [-0.05, 0) is 31.4 Å². The molecule has 2 N–H and O–H groups in total. The fourth-order valence-electron chi connectivity index (χ4n) is 3.38. The van der Waals surface area contributed by atoms with Crippen LogP contribution in [0.2, 0.25) is 0 Å². The second-order valence-electron chi connectivity index (χ2n) is 5.92. The third kappa shape index (κ3) is 2.60. The number of hydrogen-bond donors (Lipinski definition) is 1. The van der Waals surface area contributed by atoms with Gasteiger partial charge in [-0.25, -0.2) is 0 Å². The summed E-state index contributed by atoms with van der Waals surface area (Å²) >= 11 is 0. The van der Waals surface area contributed by atoms with Crippen LogP contribution >= 0.6 is 0 Å². The molecule has 1 saturated heterocycles. The van der Waals surface area contributed by atoms with Crippen LogP contribution in [-0.4, -0.2) is 24.0 Å². The van der Waals surface area contributed by atoms with Crippen molar-refractivity contribution >= 4 is 11.0 Å². The minimum atomic E-state index is 0.516. The summed E-state index contributed by atoms with van der Waals surface area (Å²) in [6, 6.07) is 8.78. The minimum absolute atomic E-state index is 0.516. The van der Waals surface area contributed by atoms with Crippen molar-refractivity contribution in [3.63, 3.8) is 0 Å². The number of fused-ring (bicyclic) bond motifs is 1.